The van der Waals surface area contributed by atoms with Crippen molar-refractivity contribution in [1.82, 2.24) is 9.97 Å². The van der Waals surface area contributed by atoms with E-state index in [4.69, 9.17) is 0 Å². The zero-order valence-corrected chi connectivity index (χ0v) is 16.1. The number of H-pyrrole nitrogens is 1. The molecule has 0 aliphatic rings. The molecule has 0 fully saturated rings. The van der Waals surface area contributed by atoms with Crippen molar-refractivity contribution >= 4 is 9.84 Å². The Balaban J connectivity index is 2.12. The second-order valence-electron chi connectivity index (χ2n) is 6.30. The SMILES string of the molecule is CS(=O)(=O)c1ccc(-c2nc(C(F)(F)F)[nH]c2-c2ccc(OC(F)(F)F)cc2)cc1F. The lowest BCUT2D eigenvalue weighted by Gasteiger charge is -2.09. The van der Waals surface area contributed by atoms with E-state index in [1.165, 1.54) is 0 Å². The first-order valence-electron chi connectivity index (χ1n) is 8.18. The number of hydrogen-bond donors (Lipinski definition) is 1. The third-order valence-electron chi connectivity index (χ3n) is 3.95. The van der Waals surface area contributed by atoms with Gasteiger partial charge >= 0.3 is 12.5 Å². The predicted molar refractivity (Wildman–Crippen MR) is 94.2 cm³/mol. The molecule has 0 aliphatic carbocycles. The molecule has 1 aromatic heterocycles. The molecule has 0 atom stereocenters. The van der Waals surface area contributed by atoms with Crippen LogP contribution < -0.4 is 4.74 Å². The van der Waals surface area contributed by atoms with Crippen molar-refractivity contribution in [3.63, 3.8) is 0 Å². The molecular formula is C18H11F7N2O3S. The van der Waals surface area contributed by atoms with Crippen molar-refractivity contribution in [2.45, 2.75) is 17.4 Å². The number of nitrogens with zero attached hydrogens (tertiary/aromatic N) is 1. The van der Waals surface area contributed by atoms with E-state index in [-0.39, 0.29) is 22.5 Å². The quantitative estimate of drug-likeness (QED) is 0.534. The number of imidazole rings is 1. The average Bonchev–Trinajstić information content (AvgIpc) is 3.05. The maximum atomic E-state index is 14.3. The molecule has 0 saturated heterocycles. The van der Waals surface area contributed by atoms with Crippen LogP contribution in [0.25, 0.3) is 22.5 Å². The Labute approximate surface area is 170 Å². The van der Waals surface area contributed by atoms with Gasteiger partial charge in [0.1, 0.15) is 16.5 Å². The van der Waals surface area contributed by atoms with Gasteiger partial charge in [-0.1, -0.05) is 6.07 Å². The van der Waals surface area contributed by atoms with E-state index in [1.807, 2.05) is 4.98 Å². The van der Waals surface area contributed by atoms with Crippen LogP contribution >= 0.6 is 0 Å². The van der Waals surface area contributed by atoms with Gasteiger partial charge in [0, 0.05) is 17.4 Å². The molecule has 3 rings (SSSR count). The highest BCUT2D eigenvalue weighted by Gasteiger charge is 2.36. The van der Waals surface area contributed by atoms with Crippen LogP contribution in [0.3, 0.4) is 0 Å². The second kappa shape index (κ2) is 7.55. The fraction of sp³-hybridized carbons (Fsp3) is 0.167. The summed E-state index contributed by atoms with van der Waals surface area (Å²) < 4.78 is 117. The summed E-state index contributed by atoms with van der Waals surface area (Å²) in [4.78, 5) is 4.81. The molecule has 0 bridgehead atoms. The summed E-state index contributed by atoms with van der Waals surface area (Å²) in [5.41, 5.74) is -0.824. The topological polar surface area (TPSA) is 72.0 Å². The highest BCUT2D eigenvalue weighted by Crippen LogP contribution is 2.37. The highest BCUT2D eigenvalue weighted by molar-refractivity contribution is 7.90. The number of ether oxygens (including phenoxy) is 1. The van der Waals surface area contributed by atoms with Gasteiger partial charge in [-0.2, -0.15) is 13.2 Å². The molecule has 2 aromatic carbocycles. The van der Waals surface area contributed by atoms with Crippen LogP contribution in [0.4, 0.5) is 30.7 Å². The van der Waals surface area contributed by atoms with Crippen molar-refractivity contribution in [1.29, 1.82) is 0 Å². The molecule has 13 heteroatoms. The smallest absolute Gasteiger partial charge is 0.406 e. The summed E-state index contributed by atoms with van der Waals surface area (Å²) in [6, 6.07) is 6.53. The Morgan fingerprint density at radius 1 is 0.935 bits per heavy atom. The van der Waals surface area contributed by atoms with Crippen LogP contribution in [0.15, 0.2) is 47.4 Å². The van der Waals surface area contributed by atoms with Gasteiger partial charge < -0.3 is 9.72 Å². The third-order valence-corrected chi connectivity index (χ3v) is 5.08. The van der Waals surface area contributed by atoms with E-state index in [9.17, 15) is 39.2 Å². The van der Waals surface area contributed by atoms with Crippen LogP contribution in [-0.2, 0) is 16.0 Å². The molecule has 166 valence electrons. The summed E-state index contributed by atoms with van der Waals surface area (Å²) in [5.74, 6) is -3.23. The molecule has 0 amide bonds. The first kappa shape index (κ1) is 22.6. The number of rotatable bonds is 4. The summed E-state index contributed by atoms with van der Waals surface area (Å²) in [5, 5.41) is 0. The number of hydrogen-bond acceptors (Lipinski definition) is 4. The van der Waals surface area contributed by atoms with Crippen molar-refractivity contribution in [3.8, 4) is 28.3 Å². The normalized spacial score (nSPS) is 12.8. The first-order valence-corrected chi connectivity index (χ1v) is 10.1. The molecule has 31 heavy (non-hydrogen) atoms. The fourth-order valence-corrected chi connectivity index (χ4v) is 3.43. The standard InChI is InChI=1S/C18H11F7N2O3S/c1-31(28,29)13-7-4-10(8-12(13)19)15-14(26-16(27-15)17(20,21)22)9-2-5-11(6-3-9)30-18(23,24)25/h2-8H,1H3,(H,26,27). The van der Waals surface area contributed by atoms with E-state index < -0.39 is 44.7 Å². The zero-order valence-electron chi connectivity index (χ0n) is 15.3. The number of aromatic amines is 1. The number of aromatic nitrogens is 2. The number of nitrogens with one attached hydrogen (secondary N) is 1. The molecule has 3 aromatic rings. The van der Waals surface area contributed by atoms with Gasteiger partial charge in [0.2, 0.25) is 5.82 Å². The van der Waals surface area contributed by atoms with Crippen molar-refractivity contribution in [2.24, 2.45) is 0 Å². The van der Waals surface area contributed by atoms with Gasteiger partial charge in [-0.15, -0.1) is 13.2 Å². The van der Waals surface area contributed by atoms with Crippen LogP contribution in [0.5, 0.6) is 5.75 Å². The van der Waals surface area contributed by atoms with E-state index in [1.54, 1.807) is 0 Å². The van der Waals surface area contributed by atoms with Crippen LogP contribution in [0.1, 0.15) is 5.82 Å². The molecule has 5 nitrogen and oxygen atoms in total. The second-order valence-corrected chi connectivity index (χ2v) is 8.28. The molecule has 1 N–H and O–H groups in total. The maximum absolute atomic E-state index is 14.3. The minimum atomic E-state index is -4.96. The van der Waals surface area contributed by atoms with Crippen LogP contribution in [-0.4, -0.2) is 31.0 Å². The van der Waals surface area contributed by atoms with Crippen molar-refractivity contribution in [3.05, 3.63) is 54.1 Å². The Bertz CT molecular complexity index is 1210. The Kier molecular flexibility index (Phi) is 5.50. The van der Waals surface area contributed by atoms with Gasteiger partial charge in [-0.05, 0) is 36.4 Å². The number of alkyl halides is 6. The highest BCUT2D eigenvalue weighted by atomic mass is 32.2. The molecular weight excluding hydrogens is 457 g/mol. The zero-order chi connectivity index (χ0) is 23.2. The number of benzene rings is 2. The molecule has 1 heterocycles. The minimum Gasteiger partial charge on any atom is -0.406 e. The molecule has 0 unspecified atom stereocenters. The Morgan fingerprint density at radius 2 is 1.52 bits per heavy atom. The molecule has 0 saturated carbocycles. The van der Waals surface area contributed by atoms with E-state index in [0.717, 1.165) is 42.7 Å². The number of halogens is 7. The van der Waals surface area contributed by atoms with Crippen molar-refractivity contribution in [2.75, 3.05) is 6.26 Å². The Morgan fingerprint density at radius 3 is 2.00 bits per heavy atom. The summed E-state index contributed by atoms with van der Waals surface area (Å²) in [7, 11) is -3.92. The lowest BCUT2D eigenvalue weighted by Crippen LogP contribution is -2.16. The average molecular weight is 468 g/mol. The Hall–Kier alpha value is -3.09. The lowest BCUT2D eigenvalue weighted by atomic mass is 10.0. The minimum absolute atomic E-state index is 0.000113. The monoisotopic (exact) mass is 468 g/mol. The lowest BCUT2D eigenvalue weighted by molar-refractivity contribution is -0.274. The molecule has 0 radical (unpaired) electrons. The fourth-order valence-electron chi connectivity index (χ4n) is 2.70. The van der Waals surface area contributed by atoms with E-state index in [0.29, 0.717) is 6.07 Å². The third kappa shape index (κ3) is 5.16. The van der Waals surface area contributed by atoms with Gasteiger partial charge in [0.15, 0.2) is 9.84 Å². The van der Waals surface area contributed by atoms with Crippen LogP contribution in [0, 0.1) is 5.82 Å². The van der Waals surface area contributed by atoms with Crippen molar-refractivity contribution < 1.29 is 43.9 Å². The van der Waals surface area contributed by atoms with Gasteiger partial charge in [0.05, 0.1) is 11.4 Å². The number of sulfone groups is 1. The van der Waals surface area contributed by atoms with Gasteiger partial charge in [-0.3, -0.25) is 0 Å². The molecule has 0 aliphatic heterocycles. The van der Waals surface area contributed by atoms with E-state index in [2.05, 4.69) is 9.72 Å². The largest absolute Gasteiger partial charge is 0.573 e. The van der Waals surface area contributed by atoms with Crippen LogP contribution in [0.2, 0.25) is 0 Å². The first-order chi connectivity index (χ1) is 14.1. The summed E-state index contributed by atoms with van der Waals surface area (Å²) in [6.45, 7) is 0. The van der Waals surface area contributed by atoms with E-state index >= 15 is 0 Å². The summed E-state index contributed by atoms with van der Waals surface area (Å²) in [6.07, 6.45) is -9.10. The molecule has 0 spiro atoms. The van der Waals surface area contributed by atoms with Gasteiger partial charge in [0.25, 0.3) is 0 Å². The summed E-state index contributed by atoms with van der Waals surface area (Å²) >= 11 is 0. The van der Waals surface area contributed by atoms with Gasteiger partial charge in [-0.25, -0.2) is 17.8 Å². The predicted octanol–water partition coefficient (Wildman–Crippen LogP) is 5.20. The maximum Gasteiger partial charge on any atom is 0.573 e.